The summed E-state index contributed by atoms with van der Waals surface area (Å²) in [4.78, 5) is 12.8. The lowest BCUT2D eigenvalue weighted by Gasteiger charge is -2.41. The van der Waals surface area contributed by atoms with Gasteiger partial charge in [-0.05, 0) is 51.4 Å². The van der Waals surface area contributed by atoms with E-state index in [0.717, 1.165) is 77.0 Å². The zero-order valence-electron chi connectivity index (χ0n) is 35.1. The second-order valence-corrected chi connectivity index (χ2v) is 16.0. The predicted molar refractivity (Wildman–Crippen MR) is 225 cm³/mol. The smallest absolute Gasteiger partial charge is 0.397 e. The molecule has 332 valence electrons. The Balaban J connectivity index is 2.41. The topological polar surface area (TPSA) is 178 Å². The molecular weight excluding hydrogens is 753 g/mol. The minimum atomic E-state index is -5.06. The third-order valence-corrected chi connectivity index (χ3v) is 10.2. The standard InChI is InChI=1S/C44H78O12S/c1-3-5-7-9-11-13-15-16-17-18-19-20-21-22-23-24-26-28-30-32-34-52-36-38(54-40(46)33-31-29-27-25-14-12-10-8-6-4-2)37-53-44-42(48)43(56-57(49,50)51)41(47)39(35-45)55-44/h5,7,11,13,16-17,19-20,38-39,41-45,47-48H,3-4,6,8-10,12,14-15,18,21-37H2,1-2H3,(H,49,50,51)/b7-5-,13-11-,17-16-,20-19-. The highest BCUT2D eigenvalue weighted by molar-refractivity contribution is 7.80. The van der Waals surface area contributed by atoms with Gasteiger partial charge in [-0.2, -0.15) is 8.42 Å². The molecule has 4 N–H and O–H groups in total. The van der Waals surface area contributed by atoms with Crippen LogP contribution in [0.3, 0.4) is 0 Å². The number of carbonyl (C=O) groups is 1. The van der Waals surface area contributed by atoms with Crippen molar-refractivity contribution in [2.24, 2.45) is 0 Å². The predicted octanol–water partition coefficient (Wildman–Crippen LogP) is 8.80. The number of unbranched alkanes of at least 4 members (excludes halogenated alkanes) is 16. The quantitative estimate of drug-likeness (QED) is 0.0203. The number of hydrogen-bond acceptors (Lipinski definition) is 11. The summed E-state index contributed by atoms with van der Waals surface area (Å²) in [6.07, 6.45) is 32.9. The molecule has 1 fully saturated rings. The van der Waals surface area contributed by atoms with Gasteiger partial charge in [-0.15, -0.1) is 0 Å². The number of esters is 1. The summed E-state index contributed by atoms with van der Waals surface area (Å²) in [7, 11) is -5.06. The largest absolute Gasteiger partial charge is 0.457 e. The Morgan fingerprint density at radius 1 is 0.684 bits per heavy atom. The van der Waals surface area contributed by atoms with E-state index in [-0.39, 0.29) is 19.6 Å². The summed E-state index contributed by atoms with van der Waals surface area (Å²) in [5.41, 5.74) is 0. The number of aliphatic hydroxyl groups excluding tert-OH is 3. The van der Waals surface area contributed by atoms with Crippen molar-refractivity contribution in [1.29, 1.82) is 0 Å². The van der Waals surface area contributed by atoms with Crippen LogP contribution in [0.5, 0.6) is 0 Å². The van der Waals surface area contributed by atoms with Crippen LogP contribution in [-0.2, 0) is 38.3 Å². The van der Waals surface area contributed by atoms with Crippen molar-refractivity contribution in [2.45, 2.75) is 198 Å². The van der Waals surface area contributed by atoms with Gasteiger partial charge in [-0.1, -0.05) is 152 Å². The molecule has 13 heteroatoms. The fourth-order valence-electron chi connectivity index (χ4n) is 6.43. The second-order valence-electron chi connectivity index (χ2n) is 14.9. The Morgan fingerprint density at radius 2 is 1.21 bits per heavy atom. The van der Waals surface area contributed by atoms with Gasteiger partial charge in [0, 0.05) is 13.0 Å². The summed E-state index contributed by atoms with van der Waals surface area (Å²) < 4.78 is 58.9. The molecule has 1 heterocycles. The highest BCUT2D eigenvalue weighted by atomic mass is 32.3. The lowest BCUT2D eigenvalue weighted by Crippen LogP contribution is -2.60. The van der Waals surface area contributed by atoms with Crippen molar-refractivity contribution in [3.05, 3.63) is 48.6 Å². The van der Waals surface area contributed by atoms with E-state index in [1.165, 1.54) is 57.8 Å². The molecule has 6 atom stereocenters. The zero-order valence-corrected chi connectivity index (χ0v) is 36.0. The Hall–Kier alpha value is -1.94. The molecule has 1 rings (SSSR count). The molecule has 0 aliphatic carbocycles. The molecule has 57 heavy (non-hydrogen) atoms. The highest BCUT2D eigenvalue weighted by Crippen LogP contribution is 2.26. The first-order valence-corrected chi connectivity index (χ1v) is 23.3. The van der Waals surface area contributed by atoms with Gasteiger partial charge in [0.25, 0.3) is 0 Å². The van der Waals surface area contributed by atoms with Gasteiger partial charge in [-0.25, -0.2) is 4.18 Å². The number of aliphatic hydroxyl groups is 3. The molecule has 1 aliphatic rings. The average Bonchev–Trinajstić information content (AvgIpc) is 3.18. The van der Waals surface area contributed by atoms with Crippen LogP contribution in [0.2, 0.25) is 0 Å². The van der Waals surface area contributed by atoms with Crippen LogP contribution in [-0.4, -0.2) is 97.5 Å². The third kappa shape index (κ3) is 29.8. The third-order valence-electron chi connectivity index (χ3n) is 9.72. The Morgan fingerprint density at radius 3 is 1.77 bits per heavy atom. The summed E-state index contributed by atoms with van der Waals surface area (Å²) in [5, 5.41) is 30.6. The van der Waals surface area contributed by atoms with Crippen LogP contribution in [0.25, 0.3) is 0 Å². The van der Waals surface area contributed by atoms with Gasteiger partial charge >= 0.3 is 16.4 Å². The van der Waals surface area contributed by atoms with E-state index >= 15 is 0 Å². The monoisotopic (exact) mass is 831 g/mol. The van der Waals surface area contributed by atoms with Crippen molar-refractivity contribution in [3.63, 3.8) is 0 Å². The Labute approximate surface area is 345 Å². The molecule has 6 unspecified atom stereocenters. The van der Waals surface area contributed by atoms with Crippen LogP contribution in [0.1, 0.15) is 162 Å². The normalized spacial score (nSPS) is 21.1. The second kappa shape index (κ2) is 36.0. The molecule has 0 amide bonds. The van der Waals surface area contributed by atoms with Crippen LogP contribution >= 0.6 is 0 Å². The van der Waals surface area contributed by atoms with E-state index in [1.807, 2.05) is 0 Å². The van der Waals surface area contributed by atoms with E-state index < -0.39 is 59.8 Å². The fraction of sp³-hybridized carbons (Fsp3) is 0.795. The SMILES string of the molecule is CC/C=C\C/C=C\C/C=C\C/C=C\CCCCCCCCCOCC(COC1OC(CO)C(O)C(OS(=O)(=O)O)C1O)OC(=O)CCCCCCCCCCCC. The van der Waals surface area contributed by atoms with Crippen molar-refractivity contribution in [3.8, 4) is 0 Å². The first-order chi connectivity index (χ1) is 27.6. The minimum Gasteiger partial charge on any atom is -0.457 e. The summed E-state index contributed by atoms with van der Waals surface area (Å²) in [5.74, 6) is -0.407. The first-order valence-electron chi connectivity index (χ1n) is 21.9. The van der Waals surface area contributed by atoms with Crippen molar-refractivity contribution < 1.29 is 56.2 Å². The lowest BCUT2D eigenvalue weighted by atomic mass is 9.99. The van der Waals surface area contributed by atoms with E-state index in [4.69, 9.17) is 23.5 Å². The Kier molecular flexibility index (Phi) is 33.5. The maximum absolute atomic E-state index is 12.8. The number of hydrogen-bond donors (Lipinski definition) is 4. The van der Waals surface area contributed by atoms with Gasteiger partial charge in [0.15, 0.2) is 6.29 Å². The van der Waals surface area contributed by atoms with Gasteiger partial charge in [0.05, 0.1) is 19.8 Å². The molecule has 1 aliphatic heterocycles. The van der Waals surface area contributed by atoms with E-state index in [2.05, 4.69) is 66.6 Å². The van der Waals surface area contributed by atoms with Crippen LogP contribution in [0.15, 0.2) is 48.6 Å². The molecule has 0 aromatic rings. The van der Waals surface area contributed by atoms with Crippen molar-refractivity contribution >= 4 is 16.4 Å². The zero-order chi connectivity index (χ0) is 41.8. The van der Waals surface area contributed by atoms with Gasteiger partial charge < -0.3 is 34.3 Å². The maximum Gasteiger partial charge on any atom is 0.397 e. The van der Waals surface area contributed by atoms with Crippen LogP contribution in [0, 0.1) is 0 Å². The molecule has 0 aromatic heterocycles. The highest BCUT2D eigenvalue weighted by Gasteiger charge is 2.48. The van der Waals surface area contributed by atoms with E-state index in [9.17, 15) is 28.5 Å². The average molecular weight is 831 g/mol. The number of rotatable bonds is 37. The maximum atomic E-state index is 12.8. The molecule has 0 radical (unpaired) electrons. The molecule has 0 aromatic carbocycles. The molecule has 0 bridgehead atoms. The number of ether oxygens (including phenoxy) is 4. The van der Waals surface area contributed by atoms with E-state index in [1.54, 1.807) is 0 Å². The van der Waals surface area contributed by atoms with Crippen LogP contribution in [0.4, 0.5) is 0 Å². The number of carbonyl (C=O) groups excluding carboxylic acids is 1. The minimum absolute atomic E-state index is 0.0287. The number of allylic oxidation sites excluding steroid dienone is 8. The summed E-state index contributed by atoms with van der Waals surface area (Å²) in [6, 6.07) is 0. The van der Waals surface area contributed by atoms with Gasteiger partial charge in [0.1, 0.15) is 30.5 Å². The van der Waals surface area contributed by atoms with Gasteiger partial charge in [0.2, 0.25) is 0 Å². The molecule has 0 saturated carbocycles. The summed E-state index contributed by atoms with van der Waals surface area (Å²) >= 11 is 0. The van der Waals surface area contributed by atoms with Crippen LogP contribution < -0.4 is 0 Å². The summed E-state index contributed by atoms with van der Waals surface area (Å²) in [6.45, 7) is 3.82. The molecule has 12 nitrogen and oxygen atoms in total. The first kappa shape index (κ1) is 53.1. The van der Waals surface area contributed by atoms with Crippen molar-refractivity contribution in [2.75, 3.05) is 26.4 Å². The molecular formula is C44H78O12S. The van der Waals surface area contributed by atoms with Gasteiger partial charge in [-0.3, -0.25) is 9.35 Å². The fourth-order valence-corrected chi connectivity index (χ4v) is 6.94. The Bertz CT molecular complexity index is 1190. The van der Waals surface area contributed by atoms with E-state index in [0.29, 0.717) is 13.0 Å². The lowest BCUT2D eigenvalue weighted by molar-refractivity contribution is -0.301. The molecule has 1 saturated heterocycles. The van der Waals surface area contributed by atoms with Crippen molar-refractivity contribution in [1.82, 2.24) is 0 Å². The molecule has 0 spiro atoms.